The van der Waals surface area contributed by atoms with Crippen LogP contribution in [0.2, 0.25) is 5.15 Å². The van der Waals surface area contributed by atoms with Crippen LogP contribution in [-0.4, -0.2) is 24.1 Å². The maximum atomic E-state index is 12.5. The molecular weight excluding hydrogens is 321 g/mol. The van der Waals surface area contributed by atoms with Gasteiger partial charge in [0.1, 0.15) is 10.8 Å². The molecule has 1 amide bonds. The molecule has 1 aliphatic heterocycles. The molecule has 1 aliphatic rings. The molecule has 2 atom stereocenters. The Morgan fingerprint density at radius 3 is 2.77 bits per heavy atom. The molecule has 1 aromatic heterocycles. The number of nitrogens with zero attached hydrogens (tertiary/aromatic N) is 1. The quantitative estimate of drug-likeness (QED) is 0.861. The van der Waals surface area contributed by atoms with Crippen molar-refractivity contribution in [1.82, 2.24) is 10.3 Å². The average molecular weight is 337 g/mol. The lowest BCUT2D eigenvalue weighted by molar-refractivity contribution is -0.141. The Morgan fingerprint density at radius 2 is 2.23 bits per heavy atom. The van der Waals surface area contributed by atoms with Gasteiger partial charge in [-0.3, -0.25) is 4.79 Å². The van der Waals surface area contributed by atoms with E-state index in [1.807, 2.05) is 0 Å². The number of amides is 1. The number of alkyl halides is 3. The number of halogens is 4. The van der Waals surface area contributed by atoms with Crippen molar-refractivity contribution in [3.63, 3.8) is 0 Å². The van der Waals surface area contributed by atoms with E-state index in [2.05, 4.69) is 10.3 Å². The van der Waals surface area contributed by atoms with E-state index in [1.54, 1.807) is 6.92 Å². The van der Waals surface area contributed by atoms with E-state index in [-0.39, 0.29) is 17.0 Å². The predicted octanol–water partition coefficient (Wildman–Crippen LogP) is 3.36. The first-order valence-electron chi connectivity index (χ1n) is 6.91. The van der Waals surface area contributed by atoms with Gasteiger partial charge in [-0.2, -0.15) is 13.2 Å². The average Bonchev–Trinajstić information content (AvgIpc) is 2.46. The fraction of sp³-hybridized carbons (Fsp3) is 0.571. The van der Waals surface area contributed by atoms with Gasteiger partial charge in [-0.25, -0.2) is 4.98 Å². The van der Waals surface area contributed by atoms with Crippen molar-refractivity contribution in [1.29, 1.82) is 0 Å². The molecule has 2 heterocycles. The van der Waals surface area contributed by atoms with Gasteiger partial charge in [0.25, 0.3) is 0 Å². The number of nitrogens with one attached hydrogen (secondary N) is 1. The van der Waals surface area contributed by atoms with E-state index in [9.17, 15) is 18.0 Å². The van der Waals surface area contributed by atoms with E-state index >= 15 is 0 Å². The van der Waals surface area contributed by atoms with Gasteiger partial charge in [0.2, 0.25) is 5.91 Å². The van der Waals surface area contributed by atoms with E-state index in [4.69, 9.17) is 16.3 Å². The summed E-state index contributed by atoms with van der Waals surface area (Å²) in [5.74, 6) is -0.430. The number of hydrogen-bond acceptors (Lipinski definition) is 3. The van der Waals surface area contributed by atoms with Gasteiger partial charge in [-0.15, -0.1) is 0 Å². The molecule has 0 saturated carbocycles. The molecule has 0 spiro atoms. The number of pyridine rings is 1. The molecule has 0 unspecified atom stereocenters. The summed E-state index contributed by atoms with van der Waals surface area (Å²) in [7, 11) is 0. The highest BCUT2D eigenvalue weighted by Crippen LogP contribution is 2.31. The van der Waals surface area contributed by atoms with Crippen LogP contribution in [0.3, 0.4) is 0 Å². The zero-order valence-corrected chi connectivity index (χ0v) is 12.7. The monoisotopic (exact) mass is 336 g/mol. The van der Waals surface area contributed by atoms with Crippen molar-refractivity contribution in [3.05, 3.63) is 28.5 Å². The molecule has 22 heavy (non-hydrogen) atoms. The second-order valence-corrected chi connectivity index (χ2v) is 5.58. The summed E-state index contributed by atoms with van der Waals surface area (Å²) >= 11 is 5.81. The molecule has 1 saturated heterocycles. The zero-order valence-electron chi connectivity index (χ0n) is 11.9. The molecule has 2 rings (SSSR count). The second kappa shape index (κ2) is 6.83. The first-order chi connectivity index (χ1) is 10.3. The van der Waals surface area contributed by atoms with Crippen LogP contribution in [0.5, 0.6) is 0 Å². The Balaban J connectivity index is 2.06. The summed E-state index contributed by atoms with van der Waals surface area (Å²) in [6.45, 7) is 2.66. The van der Waals surface area contributed by atoms with Crippen molar-refractivity contribution in [2.45, 2.75) is 32.0 Å². The van der Waals surface area contributed by atoms with Crippen molar-refractivity contribution >= 4 is 17.5 Å². The highest BCUT2D eigenvalue weighted by atomic mass is 35.5. The summed E-state index contributed by atoms with van der Waals surface area (Å²) in [6, 6.07) is 1.56. The number of ether oxygens (including phenoxy) is 1. The third-order valence-electron chi connectivity index (χ3n) is 3.52. The molecule has 1 aromatic rings. The first kappa shape index (κ1) is 17.0. The van der Waals surface area contributed by atoms with Gasteiger partial charge < -0.3 is 10.1 Å². The van der Waals surface area contributed by atoms with Crippen LogP contribution < -0.4 is 5.32 Å². The standard InChI is InChI=1S/C14H16ClF3N2O2/c1-8(19-13(21)9-3-2-6-22-7-9)10-4-5-11(14(16,17)18)20-12(10)15/h4-5,8-9H,2-3,6-7H2,1H3,(H,19,21)/t8-,9+/m1/s1. The molecule has 1 fully saturated rings. The van der Waals surface area contributed by atoms with Crippen LogP contribution in [0, 0.1) is 5.92 Å². The fourth-order valence-electron chi connectivity index (χ4n) is 2.28. The summed E-state index contributed by atoms with van der Waals surface area (Å²) in [5.41, 5.74) is -0.708. The van der Waals surface area contributed by atoms with Crippen LogP contribution in [-0.2, 0) is 15.7 Å². The highest BCUT2D eigenvalue weighted by molar-refractivity contribution is 6.30. The molecule has 122 valence electrons. The molecule has 4 nitrogen and oxygen atoms in total. The lowest BCUT2D eigenvalue weighted by Crippen LogP contribution is -2.37. The van der Waals surface area contributed by atoms with Crippen LogP contribution >= 0.6 is 11.6 Å². The van der Waals surface area contributed by atoms with Crippen molar-refractivity contribution in [2.24, 2.45) is 5.92 Å². The minimum atomic E-state index is -4.55. The Hall–Kier alpha value is -1.34. The van der Waals surface area contributed by atoms with Crippen molar-refractivity contribution in [3.8, 4) is 0 Å². The Bertz CT molecular complexity index is 545. The SMILES string of the molecule is C[C@@H](NC(=O)[C@H]1CCCOC1)c1ccc(C(F)(F)F)nc1Cl. The fourth-order valence-corrected chi connectivity index (χ4v) is 2.60. The number of aromatic nitrogens is 1. The Kier molecular flexibility index (Phi) is 5.28. The maximum Gasteiger partial charge on any atom is 0.433 e. The number of rotatable bonds is 3. The summed E-state index contributed by atoms with van der Waals surface area (Å²) in [4.78, 5) is 15.4. The molecule has 8 heteroatoms. The topological polar surface area (TPSA) is 51.2 Å². The summed E-state index contributed by atoms with van der Waals surface area (Å²) < 4.78 is 42.9. The van der Waals surface area contributed by atoms with E-state index in [1.165, 1.54) is 6.07 Å². The molecule has 0 bridgehead atoms. The molecule has 0 aromatic carbocycles. The molecule has 1 N–H and O–H groups in total. The van der Waals surface area contributed by atoms with Gasteiger partial charge in [-0.1, -0.05) is 17.7 Å². The zero-order chi connectivity index (χ0) is 16.3. The van der Waals surface area contributed by atoms with Crippen molar-refractivity contribution in [2.75, 3.05) is 13.2 Å². The lowest BCUT2D eigenvalue weighted by atomic mass is 10.0. The van der Waals surface area contributed by atoms with E-state index in [0.717, 1.165) is 18.9 Å². The van der Waals surface area contributed by atoms with Gasteiger partial charge in [-0.05, 0) is 25.8 Å². The minimum Gasteiger partial charge on any atom is -0.381 e. The van der Waals surface area contributed by atoms with Gasteiger partial charge in [0.05, 0.1) is 18.6 Å². The van der Waals surface area contributed by atoms with Gasteiger partial charge in [0, 0.05) is 12.2 Å². The summed E-state index contributed by atoms with van der Waals surface area (Å²) in [5, 5.41) is 2.48. The van der Waals surface area contributed by atoms with Crippen LogP contribution in [0.25, 0.3) is 0 Å². The maximum absolute atomic E-state index is 12.5. The van der Waals surface area contributed by atoms with Gasteiger partial charge in [0.15, 0.2) is 0 Å². The van der Waals surface area contributed by atoms with Crippen LogP contribution in [0.15, 0.2) is 12.1 Å². The third kappa shape index (κ3) is 4.10. The van der Waals surface area contributed by atoms with E-state index < -0.39 is 17.9 Å². The Labute approximate surface area is 131 Å². The lowest BCUT2D eigenvalue weighted by Gasteiger charge is -2.24. The van der Waals surface area contributed by atoms with Crippen molar-refractivity contribution < 1.29 is 22.7 Å². The van der Waals surface area contributed by atoms with E-state index in [0.29, 0.717) is 18.8 Å². The van der Waals surface area contributed by atoms with Crippen LogP contribution in [0.1, 0.15) is 37.1 Å². The normalized spacial score (nSPS) is 20.5. The highest BCUT2D eigenvalue weighted by Gasteiger charge is 2.33. The Morgan fingerprint density at radius 1 is 1.50 bits per heavy atom. The van der Waals surface area contributed by atoms with Gasteiger partial charge >= 0.3 is 6.18 Å². The largest absolute Gasteiger partial charge is 0.433 e. The number of carbonyl (C=O) groups is 1. The first-order valence-corrected chi connectivity index (χ1v) is 7.28. The third-order valence-corrected chi connectivity index (χ3v) is 3.83. The predicted molar refractivity (Wildman–Crippen MR) is 74.3 cm³/mol. The minimum absolute atomic E-state index is 0.192. The van der Waals surface area contributed by atoms with Crippen LogP contribution in [0.4, 0.5) is 13.2 Å². The second-order valence-electron chi connectivity index (χ2n) is 5.22. The molecule has 0 radical (unpaired) electrons. The molecule has 0 aliphatic carbocycles. The molecular formula is C14H16ClF3N2O2. The number of carbonyl (C=O) groups excluding carboxylic acids is 1. The smallest absolute Gasteiger partial charge is 0.381 e. The summed E-state index contributed by atoms with van der Waals surface area (Å²) in [6.07, 6.45) is -3.00. The number of hydrogen-bond donors (Lipinski definition) is 1.